The zero-order chi connectivity index (χ0) is 30.5. The van der Waals surface area contributed by atoms with Crippen LogP contribution in [-0.4, -0.2) is 57.0 Å². The molecule has 2 aromatic heterocycles. The second-order valence-electron chi connectivity index (χ2n) is 10.4. The predicted octanol–water partition coefficient (Wildman–Crippen LogP) is 6.61. The average molecular weight is 588 g/mol. The van der Waals surface area contributed by atoms with Gasteiger partial charge in [0.2, 0.25) is 5.91 Å². The summed E-state index contributed by atoms with van der Waals surface area (Å²) >= 11 is 0. The number of anilines is 2. The third kappa shape index (κ3) is 6.10. The van der Waals surface area contributed by atoms with Crippen molar-refractivity contribution in [3.8, 4) is 22.3 Å². The standard InChI is InChI=1S/C34H33N7O3/c1-3-17-41(31(42)19-35-34(43)44-2)20-30-39-27-15-13-24(18-29(27)40-30)22-9-11-23(12-10-22)26-14-16-28-33(37-21-36-28)32(26)38-25-7-5-4-6-8-25/h4-16,18,21,38H,3,17,19-20H2,1-2H3,(H,35,43)(H,36,37)(H,39,40). The van der Waals surface area contributed by atoms with Gasteiger partial charge in [0.15, 0.2) is 0 Å². The van der Waals surface area contributed by atoms with Crippen molar-refractivity contribution in [1.29, 1.82) is 0 Å². The van der Waals surface area contributed by atoms with Crippen molar-refractivity contribution in [2.24, 2.45) is 0 Å². The molecule has 0 spiro atoms. The van der Waals surface area contributed by atoms with E-state index in [1.54, 1.807) is 11.2 Å². The Bertz CT molecular complexity index is 1910. The minimum absolute atomic E-state index is 0.133. The van der Waals surface area contributed by atoms with E-state index in [2.05, 4.69) is 78.9 Å². The average Bonchev–Trinajstić information content (AvgIpc) is 3.70. The highest BCUT2D eigenvalue weighted by atomic mass is 16.5. The number of ether oxygens (including phenoxy) is 1. The van der Waals surface area contributed by atoms with Gasteiger partial charge in [-0.15, -0.1) is 0 Å². The number of hydrogen-bond acceptors (Lipinski definition) is 6. The van der Waals surface area contributed by atoms with Crippen LogP contribution in [0.15, 0.2) is 91.3 Å². The number of hydrogen-bond donors (Lipinski definition) is 4. The molecular formula is C34H33N7O3. The van der Waals surface area contributed by atoms with Gasteiger partial charge in [-0.05, 0) is 53.4 Å². The monoisotopic (exact) mass is 587 g/mol. The van der Waals surface area contributed by atoms with Crippen LogP contribution in [0.1, 0.15) is 19.2 Å². The van der Waals surface area contributed by atoms with Gasteiger partial charge in [-0.1, -0.05) is 61.5 Å². The first-order chi connectivity index (χ1) is 21.5. The lowest BCUT2D eigenvalue weighted by atomic mass is 9.98. The number of amides is 2. The van der Waals surface area contributed by atoms with E-state index in [0.29, 0.717) is 18.9 Å². The van der Waals surface area contributed by atoms with Crippen LogP contribution in [0.25, 0.3) is 44.3 Å². The second-order valence-corrected chi connectivity index (χ2v) is 10.4. The summed E-state index contributed by atoms with van der Waals surface area (Å²) in [4.78, 5) is 41.7. The molecule has 0 aliphatic heterocycles. The Balaban J connectivity index is 1.23. The lowest BCUT2D eigenvalue weighted by Crippen LogP contribution is -2.40. The van der Waals surface area contributed by atoms with Crippen molar-refractivity contribution in [2.45, 2.75) is 19.9 Å². The first-order valence-corrected chi connectivity index (χ1v) is 14.5. The summed E-state index contributed by atoms with van der Waals surface area (Å²) in [6.45, 7) is 2.73. The highest BCUT2D eigenvalue weighted by molar-refractivity contribution is 5.99. The van der Waals surface area contributed by atoms with E-state index in [4.69, 9.17) is 4.98 Å². The number of carbonyl (C=O) groups excluding carboxylic acids is 2. The van der Waals surface area contributed by atoms with Crippen molar-refractivity contribution in [3.63, 3.8) is 0 Å². The number of alkyl carbamates (subject to hydrolysis) is 1. The van der Waals surface area contributed by atoms with Gasteiger partial charge in [0.25, 0.3) is 0 Å². The molecule has 0 saturated carbocycles. The lowest BCUT2D eigenvalue weighted by Gasteiger charge is -2.21. The summed E-state index contributed by atoms with van der Waals surface area (Å²) in [5.41, 5.74) is 9.75. The number of nitrogens with one attached hydrogen (secondary N) is 4. The van der Waals surface area contributed by atoms with Crippen molar-refractivity contribution < 1.29 is 14.3 Å². The fraction of sp³-hybridized carbons (Fsp3) is 0.176. The molecular weight excluding hydrogens is 554 g/mol. The van der Waals surface area contributed by atoms with Crippen LogP contribution in [0.5, 0.6) is 0 Å². The normalized spacial score (nSPS) is 11.0. The first kappa shape index (κ1) is 28.5. The van der Waals surface area contributed by atoms with Gasteiger partial charge in [0.1, 0.15) is 17.9 Å². The van der Waals surface area contributed by atoms with Crippen LogP contribution in [0.3, 0.4) is 0 Å². The van der Waals surface area contributed by atoms with E-state index in [1.165, 1.54) is 7.11 Å². The maximum atomic E-state index is 12.7. The molecule has 0 saturated heterocycles. The molecule has 10 nitrogen and oxygen atoms in total. The Labute approximate surface area is 254 Å². The molecule has 222 valence electrons. The fourth-order valence-corrected chi connectivity index (χ4v) is 5.27. The molecule has 0 radical (unpaired) electrons. The minimum atomic E-state index is -0.637. The van der Waals surface area contributed by atoms with Crippen LogP contribution in [-0.2, 0) is 16.1 Å². The Kier molecular flexibility index (Phi) is 8.22. The molecule has 2 heterocycles. The van der Waals surface area contributed by atoms with Crippen LogP contribution in [0, 0.1) is 0 Å². The smallest absolute Gasteiger partial charge is 0.407 e. The third-order valence-corrected chi connectivity index (χ3v) is 7.45. The van der Waals surface area contributed by atoms with E-state index in [9.17, 15) is 9.59 Å². The molecule has 4 N–H and O–H groups in total. The SMILES string of the molecule is CCCN(Cc1nc2ccc(-c3ccc(-c4ccc5[nH]cnc5c4Nc4ccccc4)cc3)cc2[nH]1)C(=O)CNC(=O)OC. The largest absolute Gasteiger partial charge is 0.453 e. The van der Waals surface area contributed by atoms with E-state index < -0.39 is 6.09 Å². The number of nitrogens with zero attached hydrogens (tertiary/aromatic N) is 3. The number of imidazole rings is 2. The van der Waals surface area contributed by atoms with Crippen LogP contribution >= 0.6 is 0 Å². The predicted molar refractivity (Wildman–Crippen MR) is 172 cm³/mol. The van der Waals surface area contributed by atoms with E-state index in [-0.39, 0.29) is 12.5 Å². The second kappa shape index (κ2) is 12.7. The summed E-state index contributed by atoms with van der Waals surface area (Å²) in [7, 11) is 1.27. The van der Waals surface area contributed by atoms with Gasteiger partial charge >= 0.3 is 6.09 Å². The number of methoxy groups -OCH3 is 1. The number of para-hydroxylation sites is 1. The van der Waals surface area contributed by atoms with Gasteiger partial charge in [-0.25, -0.2) is 14.8 Å². The summed E-state index contributed by atoms with van der Waals surface area (Å²) in [6, 6.07) is 28.8. The fourth-order valence-electron chi connectivity index (χ4n) is 5.27. The van der Waals surface area contributed by atoms with Gasteiger partial charge in [-0.2, -0.15) is 0 Å². The summed E-state index contributed by atoms with van der Waals surface area (Å²) in [5, 5.41) is 6.02. The Morgan fingerprint density at radius 3 is 2.45 bits per heavy atom. The number of H-pyrrole nitrogens is 2. The number of rotatable bonds is 10. The third-order valence-electron chi connectivity index (χ3n) is 7.45. The summed E-state index contributed by atoms with van der Waals surface area (Å²) in [6.07, 6.45) is 1.86. The molecule has 0 fully saturated rings. The van der Waals surface area contributed by atoms with Crippen molar-refractivity contribution in [2.75, 3.05) is 25.5 Å². The van der Waals surface area contributed by atoms with E-state index in [1.807, 2.05) is 43.3 Å². The highest BCUT2D eigenvalue weighted by Gasteiger charge is 2.17. The Hall–Kier alpha value is -5.64. The minimum Gasteiger partial charge on any atom is -0.453 e. The molecule has 0 bridgehead atoms. The number of benzene rings is 4. The van der Waals surface area contributed by atoms with Crippen molar-refractivity contribution >= 4 is 45.4 Å². The molecule has 10 heteroatoms. The number of carbonyl (C=O) groups is 2. The molecule has 44 heavy (non-hydrogen) atoms. The lowest BCUT2D eigenvalue weighted by molar-refractivity contribution is -0.130. The Morgan fingerprint density at radius 1 is 0.909 bits per heavy atom. The molecule has 0 unspecified atom stereocenters. The zero-order valence-electron chi connectivity index (χ0n) is 24.6. The van der Waals surface area contributed by atoms with Gasteiger partial charge < -0.3 is 30.2 Å². The molecule has 2 amide bonds. The van der Waals surface area contributed by atoms with E-state index in [0.717, 1.165) is 62.1 Å². The molecule has 6 rings (SSSR count). The summed E-state index contributed by atoms with van der Waals surface area (Å²) in [5.74, 6) is 0.478. The van der Waals surface area contributed by atoms with Crippen LogP contribution in [0.2, 0.25) is 0 Å². The van der Waals surface area contributed by atoms with Crippen LogP contribution in [0.4, 0.5) is 16.2 Å². The van der Waals surface area contributed by atoms with Crippen LogP contribution < -0.4 is 10.6 Å². The highest BCUT2D eigenvalue weighted by Crippen LogP contribution is 2.36. The number of fused-ring (bicyclic) bond motifs is 2. The number of aromatic nitrogens is 4. The zero-order valence-corrected chi connectivity index (χ0v) is 24.6. The van der Waals surface area contributed by atoms with E-state index >= 15 is 0 Å². The maximum absolute atomic E-state index is 12.7. The summed E-state index contributed by atoms with van der Waals surface area (Å²) < 4.78 is 4.57. The topological polar surface area (TPSA) is 128 Å². The Morgan fingerprint density at radius 2 is 1.68 bits per heavy atom. The molecule has 0 aliphatic carbocycles. The number of aromatic amines is 2. The molecule has 0 atom stereocenters. The maximum Gasteiger partial charge on any atom is 0.407 e. The quantitative estimate of drug-likeness (QED) is 0.143. The molecule has 0 aliphatic rings. The van der Waals surface area contributed by atoms with Crippen molar-refractivity contribution in [1.82, 2.24) is 30.2 Å². The van der Waals surface area contributed by atoms with Gasteiger partial charge in [-0.3, -0.25) is 4.79 Å². The molecule has 6 aromatic rings. The van der Waals surface area contributed by atoms with Gasteiger partial charge in [0, 0.05) is 17.8 Å². The van der Waals surface area contributed by atoms with Gasteiger partial charge in [0.05, 0.1) is 42.2 Å². The molecule has 4 aromatic carbocycles. The van der Waals surface area contributed by atoms with Crippen molar-refractivity contribution in [3.05, 3.63) is 97.1 Å². The first-order valence-electron chi connectivity index (χ1n) is 14.5.